The van der Waals surface area contributed by atoms with Crippen LogP contribution in [0.1, 0.15) is 86.0 Å². The Kier molecular flexibility index (Phi) is 6.06. The predicted octanol–water partition coefficient (Wildman–Crippen LogP) is 3.10. The number of hydrogen-bond donors (Lipinski definition) is 5. The average Bonchev–Trinajstić information content (AvgIpc) is 3.05. The summed E-state index contributed by atoms with van der Waals surface area (Å²) in [5, 5.41) is 52.8. The van der Waals surface area contributed by atoms with Crippen LogP contribution in [0.4, 0.5) is 4.39 Å². The minimum Gasteiger partial charge on any atom is -0.390 e. The first-order valence-electron chi connectivity index (χ1n) is 12.6. The van der Waals surface area contributed by atoms with E-state index in [1.54, 1.807) is 20.8 Å². The number of aliphatic hydroxyl groups excluding tert-OH is 2. The Morgan fingerprint density at radius 2 is 1.85 bits per heavy atom. The lowest BCUT2D eigenvalue weighted by molar-refractivity contribution is -0.220. The summed E-state index contributed by atoms with van der Waals surface area (Å²) < 4.78 is 14.9. The molecule has 0 saturated heterocycles. The monoisotopic (exact) mass is 480 g/mol. The van der Waals surface area contributed by atoms with Crippen LogP contribution in [0.15, 0.2) is 22.8 Å². The van der Waals surface area contributed by atoms with Gasteiger partial charge < -0.3 is 25.5 Å². The van der Waals surface area contributed by atoms with Crippen molar-refractivity contribution in [2.45, 2.75) is 115 Å². The maximum Gasteiger partial charge on any atom is 0.233 e. The van der Waals surface area contributed by atoms with E-state index < -0.39 is 46.0 Å². The zero-order valence-corrected chi connectivity index (χ0v) is 21.1. The third-order valence-corrected chi connectivity index (χ3v) is 9.72. The second-order valence-electron chi connectivity index (χ2n) is 12.7. The molecule has 7 heteroatoms. The fraction of sp³-hybridized carbons (Fsp3) is 0.815. The number of ketones is 1. The van der Waals surface area contributed by atoms with Crippen molar-refractivity contribution in [3.8, 4) is 0 Å². The van der Waals surface area contributed by atoms with E-state index in [1.165, 1.54) is 0 Å². The van der Waals surface area contributed by atoms with Crippen molar-refractivity contribution < 1.29 is 34.7 Å². The van der Waals surface area contributed by atoms with Crippen molar-refractivity contribution in [3.63, 3.8) is 0 Å². The van der Waals surface area contributed by atoms with Crippen LogP contribution >= 0.6 is 0 Å². The van der Waals surface area contributed by atoms with Gasteiger partial charge in [-0.2, -0.15) is 0 Å². The number of hydrogen-bond acceptors (Lipinski definition) is 6. The first-order valence-corrected chi connectivity index (χ1v) is 12.6. The topological polar surface area (TPSA) is 118 Å². The molecular formula is C27H41FO6. The van der Waals surface area contributed by atoms with Crippen molar-refractivity contribution in [2.75, 3.05) is 0 Å². The van der Waals surface area contributed by atoms with Crippen molar-refractivity contribution >= 4 is 5.78 Å². The minimum absolute atomic E-state index is 0.0404. The van der Waals surface area contributed by atoms with Gasteiger partial charge in [0, 0.05) is 30.1 Å². The molecule has 8 atom stereocenters. The smallest absolute Gasteiger partial charge is 0.233 e. The van der Waals surface area contributed by atoms with Gasteiger partial charge >= 0.3 is 0 Å². The summed E-state index contributed by atoms with van der Waals surface area (Å²) in [6.45, 7) is 8.93. The molecule has 0 aromatic heterocycles. The zero-order valence-electron chi connectivity index (χ0n) is 21.1. The van der Waals surface area contributed by atoms with Crippen LogP contribution in [-0.4, -0.2) is 60.6 Å². The maximum absolute atomic E-state index is 14.9. The molecule has 0 radical (unpaired) electrons. The summed E-state index contributed by atoms with van der Waals surface area (Å²) >= 11 is 0. The van der Waals surface area contributed by atoms with Gasteiger partial charge in [-0.15, -0.1) is 0 Å². The van der Waals surface area contributed by atoms with E-state index in [4.69, 9.17) is 0 Å². The number of carbonyl (C=O) groups is 1. The molecular weight excluding hydrogens is 439 g/mol. The lowest BCUT2D eigenvalue weighted by atomic mass is 9.50. The molecule has 4 aliphatic rings. The molecule has 0 bridgehead atoms. The normalized spacial score (nSPS) is 43.0. The molecule has 5 N–H and O–H groups in total. The van der Waals surface area contributed by atoms with Crippen LogP contribution in [0.5, 0.6) is 0 Å². The molecule has 6 nitrogen and oxygen atoms in total. The van der Waals surface area contributed by atoms with E-state index in [0.29, 0.717) is 25.7 Å². The Morgan fingerprint density at radius 3 is 2.47 bits per heavy atom. The second kappa shape index (κ2) is 7.94. The largest absolute Gasteiger partial charge is 0.390 e. The molecule has 0 aromatic carbocycles. The molecule has 192 valence electrons. The number of aliphatic hydroxyl groups is 5. The molecule has 0 spiro atoms. The number of allylic oxidation sites excluding steroid dienone is 4. The lowest BCUT2D eigenvalue weighted by Crippen LogP contribution is -2.57. The van der Waals surface area contributed by atoms with Gasteiger partial charge in [0.05, 0.1) is 17.3 Å². The first-order chi connectivity index (χ1) is 15.4. The fourth-order valence-electron chi connectivity index (χ4n) is 7.64. The molecule has 0 heterocycles. The number of Topliss-reactive ketones (excluding diaryl/α,β-unsaturated/α-hetero) is 1. The van der Waals surface area contributed by atoms with Gasteiger partial charge in [-0.05, 0) is 75.9 Å². The summed E-state index contributed by atoms with van der Waals surface area (Å²) in [6, 6.07) is 0. The van der Waals surface area contributed by atoms with Crippen LogP contribution in [0, 0.1) is 22.7 Å². The molecule has 0 aromatic rings. The third kappa shape index (κ3) is 3.92. The van der Waals surface area contributed by atoms with E-state index in [1.807, 2.05) is 6.92 Å². The van der Waals surface area contributed by atoms with Crippen LogP contribution in [0.25, 0.3) is 0 Å². The number of alkyl halides is 1. The van der Waals surface area contributed by atoms with Gasteiger partial charge in [-0.25, -0.2) is 4.39 Å². The van der Waals surface area contributed by atoms with Crippen molar-refractivity contribution in [2.24, 2.45) is 22.7 Å². The number of fused-ring (bicyclic) bond motifs is 4. The number of halogens is 1. The van der Waals surface area contributed by atoms with E-state index in [-0.39, 0.29) is 37.4 Å². The predicted molar refractivity (Wildman–Crippen MR) is 125 cm³/mol. The Hall–Kier alpha value is -1.12. The summed E-state index contributed by atoms with van der Waals surface area (Å²) in [5.74, 6) is -3.57. The molecule has 4 aliphatic carbocycles. The van der Waals surface area contributed by atoms with Gasteiger partial charge in [-0.1, -0.05) is 25.5 Å². The molecule has 0 unspecified atom stereocenters. The van der Waals surface area contributed by atoms with Gasteiger partial charge in [-0.3, -0.25) is 4.79 Å². The summed E-state index contributed by atoms with van der Waals surface area (Å²) in [4.78, 5) is 13.2. The van der Waals surface area contributed by atoms with E-state index in [9.17, 15) is 34.7 Å². The second-order valence-corrected chi connectivity index (χ2v) is 12.7. The third-order valence-electron chi connectivity index (χ3n) is 9.72. The minimum atomic E-state index is -2.73. The fourth-order valence-corrected chi connectivity index (χ4v) is 7.64. The lowest BCUT2D eigenvalue weighted by Gasteiger charge is -2.55. The highest BCUT2D eigenvalue weighted by molar-refractivity contribution is 5.88. The Labute approximate surface area is 201 Å². The highest BCUT2D eigenvalue weighted by atomic mass is 19.2. The Balaban J connectivity index is 1.66. The van der Waals surface area contributed by atoms with Crippen molar-refractivity contribution in [3.05, 3.63) is 22.8 Å². The quantitative estimate of drug-likeness (QED) is 0.413. The summed E-state index contributed by atoms with van der Waals surface area (Å²) in [5.41, 5.74) is -0.763. The van der Waals surface area contributed by atoms with Gasteiger partial charge in [0.1, 0.15) is 11.9 Å². The SMILES string of the molecule is CC(C)(O)CC[C@@H](O)[C@](C)(O)[C@H]1CC=C2C3=C(CC[C@@]21C)[C@@]1(C)C[C@@](O)(F)[C@H](O)C[C@H]1C(=O)C3. The Morgan fingerprint density at radius 1 is 1.21 bits per heavy atom. The standard InChI is InChI=1S/C27H41FO6/c1-23(2,32)10-9-21(30)26(5,33)20-7-6-16-15-12-19(29)18-13-22(31)27(28,34)14-25(18,4)17(15)8-11-24(16,20)3/h6,18,20-22,30-34H,7-14H2,1-5H3/t18-,20-,21+,22+,24-,25+,26+,27-/m0/s1. The Bertz CT molecular complexity index is 928. The molecule has 4 rings (SSSR count). The van der Waals surface area contributed by atoms with Crippen LogP contribution in [0.3, 0.4) is 0 Å². The van der Waals surface area contributed by atoms with E-state index in [0.717, 1.165) is 16.7 Å². The van der Waals surface area contributed by atoms with Crippen LogP contribution < -0.4 is 0 Å². The van der Waals surface area contributed by atoms with Gasteiger partial charge in [0.25, 0.3) is 0 Å². The molecule has 1 saturated carbocycles. The van der Waals surface area contributed by atoms with Crippen molar-refractivity contribution in [1.29, 1.82) is 0 Å². The molecule has 0 amide bonds. The molecule has 0 aliphatic heterocycles. The van der Waals surface area contributed by atoms with Crippen molar-refractivity contribution in [1.82, 2.24) is 0 Å². The number of carbonyl (C=O) groups excluding carboxylic acids is 1. The zero-order chi connectivity index (χ0) is 25.5. The number of rotatable bonds is 5. The van der Waals surface area contributed by atoms with Crippen LogP contribution in [0.2, 0.25) is 0 Å². The van der Waals surface area contributed by atoms with Crippen LogP contribution in [-0.2, 0) is 4.79 Å². The molecule has 34 heavy (non-hydrogen) atoms. The summed E-state index contributed by atoms with van der Waals surface area (Å²) in [7, 11) is 0. The average molecular weight is 481 g/mol. The van der Waals surface area contributed by atoms with E-state index in [2.05, 4.69) is 13.0 Å². The summed E-state index contributed by atoms with van der Waals surface area (Å²) in [6.07, 6.45) is 1.77. The highest BCUT2D eigenvalue weighted by Gasteiger charge is 2.61. The highest BCUT2D eigenvalue weighted by Crippen LogP contribution is 2.64. The van der Waals surface area contributed by atoms with Gasteiger partial charge in [0.15, 0.2) is 0 Å². The maximum atomic E-state index is 14.9. The molecule has 1 fully saturated rings. The van der Waals surface area contributed by atoms with Gasteiger partial charge in [0.2, 0.25) is 5.85 Å². The van der Waals surface area contributed by atoms with E-state index >= 15 is 0 Å². The first kappa shape index (κ1) is 26.0.